The molecule has 0 amide bonds. The molecule has 0 bridgehead atoms. The van der Waals surface area contributed by atoms with Crippen molar-refractivity contribution in [2.75, 3.05) is 5.32 Å². The smallest absolute Gasteiger partial charge is 0.410 e. The van der Waals surface area contributed by atoms with E-state index in [-0.39, 0.29) is 17.8 Å². The molecule has 2 aromatic rings. The average molecular weight is 369 g/mol. The lowest BCUT2D eigenvalue weighted by molar-refractivity contribution is -0.173. The highest BCUT2D eigenvalue weighted by Crippen LogP contribution is 2.44. The number of nitrogens with one attached hydrogen (secondary N) is 1. The molecule has 2 atom stereocenters. The minimum absolute atomic E-state index is 0.111. The number of halogens is 3. The van der Waals surface area contributed by atoms with Gasteiger partial charge in [0, 0.05) is 6.42 Å². The summed E-state index contributed by atoms with van der Waals surface area (Å²) in [4.78, 5) is 11.2. The van der Waals surface area contributed by atoms with E-state index in [0.717, 1.165) is 22.9 Å². The highest BCUT2D eigenvalue weighted by molar-refractivity contribution is 5.93. The Kier molecular flexibility index (Phi) is 5.94. The molecule has 0 saturated carbocycles. The minimum Gasteiger partial charge on any atom is -0.477 e. The second-order valence-corrected chi connectivity index (χ2v) is 5.74. The van der Waals surface area contributed by atoms with E-state index in [1.165, 1.54) is 0 Å². The van der Waals surface area contributed by atoms with Crippen molar-refractivity contribution < 1.29 is 23.1 Å². The lowest BCUT2D eigenvalue weighted by atomic mass is 9.95. The zero-order valence-electron chi connectivity index (χ0n) is 14.8. The fraction of sp³-hybridized carbons (Fsp3) is 0.444. The van der Waals surface area contributed by atoms with Crippen LogP contribution in [-0.2, 0) is 6.42 Å². The third-order valence-corrected chi connectivity index (χ3v) is 4.26. The highest BCUT2D eigenvalue weighted by Gasteiger charge is 2.47. The summed E-state index contributed by atoms with van der Waals surface area (Å²) in [5.74, 6) is -1.42. The standard InChI is InChI=1S/C16H16F3N3O2.C2H6/c1-2-9-3-5-10(6-4-9)12-7-13(16(17,18)19)22-14(21-12)11(8-20-22)15(23)24;1-2/h3-6,8,12-13,21H,2,7H2,1H3,(H,23,24);1-2H3/t12-,13?;/m1./s1. The normalized spacial score (nSPS) is 19.0. The maximum absolute atomic E-state index is 13.4. The van der Waals surface area contributed by atoms with E-state index < -0.39 is 24.2 Å². The predicted molar refractivity (Wildman–Crippen MR) is 92.4 cm³/mol. The minimum atomic E-state index is -4.51. The predicted octanol–water partition coefficient (Wildman–Crippen LogP) is 4.83. The Labute approximate surface area is 149 Å². The molecule has 1 aliphatic heterocycles. The third-order valence-electron chi connectivity index (χ3n) is 4.26. The molecule has 5 nitrogen and oxygen atoms in total. The number of aryl methyl sites for hydroxylation is 1. The number of rotatable bonds is 3. The van der Waals surface area contributed by atoms with Crippen molar-refractivity contribution in [2.45, 2.75) is 51.9 Å². The van der Waals surface area contributed by atoms with E-state index in [1.807, 2.05) is 32.9 Å². The third kappa shape index (κ3) is 3.84. The molecule has 1 aromatic heterocycles. The van der Waals surface area contributed by atoms with Gasteiger partial charge in [0.15, 0.2) is 6.04 Å². The average Bonchev–Trinajstić information content (AvgIpc) is 3.06. The number of aromatic carboxylic acids is 1. The van der Waals surface area contributed by atoms with Crippen LogP contribution in [0.4, 0.5) is 19.0 Å². The van der Waals surface area contributed by atoms with Crippen molar-refractivity contribution in [2.24, 2.45) is 0 Å². The number of benzene rings is 1. The number of anilines is 1. The molecule has 0 saturated heterocycles. The number of carboxylic acid groups (broad SMARTS) is 1. The number of carboxylic acids is 1. The summed E-state index contributed by atoms with van der Waals surface area (Å²) < 4.78 is 40.9. The largest absolute Gasteiger partial charge is 0.477 e. The SMILES string of the molecule is CC.CCc1ccc([C@H]2CC(C(F)(F)F)n3ncc(C(=O)O)c3N2)cc1. The number of fused-ring (bicyclic) bond motifs is 1. The number of hydrogen-bond acceptors (Lipinski definition) is 3. The first kappa shape index (κ1) is 19.8. The second kappa shape index (κ2) is 7.80. The summed E-state index contributed by atoms with van der Waals surface area (Å²) in [6.07, 6.45) is -2.98. The van der Waals surface area contributed by atoms with Gasteiger partial charge in [-0.05, 0) is 17.5 Å². The van der Waals surface area contributed by atoms with Crippen LogP contribution in [0.2, 0.25) is 0 Å². The van der Waals surface area contributed by atoms with Crippen molar-refractivity contribution in [3.05, 3.63) is 47.2 Å². The van der Waals surface area contributed by atoms with Crippen molar-refractivity contribution in [3.8, 4) is 0 Å². The van der Waals surface area contributed by atoms with Gasteiger partial charge in [0.2, 0.25) is 0 Å². The summed E-state index contributed by atoms with van der Waals surface area (Å²) in [6.45, 7) is 5.99. The van der Waals surface area contributed by atoms with Crippen LogP contribution in [0.15, 0.2) is 30.5 Å². The highest BCUT2D eigenvalue weighted by atomic mass is 19.4. The lowest BCUT2D eigenvalue weighted by Gasteiger charge is -2.33. The van der Waals surface area contributed by atoms with Crippen molar-refractivity contribution in [3.63, 3.8) is 0 Å². The summed E-state index contributed by atoms with van der Waals surface area (Å²) in [5.41, 5.74) is 1.50. The van der Waals surface area contributed by atoms with Crippen molar-refractivity contribution >= 4 is 11.8 Å². The molecule has 1 aromatic carbocycles. The number of hydrogen-bond donors (Lipinski definition) is 2. The molecular weight excluding hydrogens is 347 g/mol. The van der Waals surface area contributed by atoms with Crippen LogP contribution in [0, 0.1) is 0 Å². The molecule has 142 valence electrons. The van der Waals surface area contributed by atoms with Gasteiger partial charge in [0.1, 0.15) is 11.4 Å². The second-order valence-electron chi connectivity index (χ2n) is 5.74. The van der Waals surface area contributed by atoms with Gasteiger partial charge in [0.05, 0.1) is 12.2 Å². The van der Waals surface area contributed by atoms with E-state index >= 15 is 0 Å². The van der Waals surface area contributed by atoms with Crippen molar-refractivity contribution in [1.29, 1.82) is 0 Å². The first-order valence-electron chi connectivity index (χ1n) is 8.54. The van der Waals surface area contributed by atoms with Gasteiger partial charge >= 0.3 is 12.1 Å². The van der Waals surface area contributed by atoms with Crippen LogP contribution >= 0.6 is 0 Å². The quantitative estimate of drug-likeness (QED) is 0.813. The fourth-order valence-corrected chi connectivity index (χ4v) is 2.92. The molecule has 26 heavy (non-hydrogen) atoms. The molecule has 0 radical (unpaired) electrons. The van der Waals surface area contributed by atoms with Crippen LogP contribution in [0.25, 0.3) is 0 Å². The van der Waals surface area contributed by atoms with E-state index in [9.17, 15) is 18.0 Å². The van der Waals surface area contributed by atoms with Crippen LogP contribution in [0.5, 0.6) is 0 Å². The lowest BCUT2D eigenvalue weighted by Crippen LogP contribution is -2.36. The van der Waals surface area contributed by atoms with Crippen LogP contribution < -0.4 is 5.32 Å². The first-order valence-corrected chi connectivity index (χ1v) is 8.54. The molecule has 3 rings (SSSR count). The van der Waals surface area contributed by atoms with Crippen LogP contribution in [-0.4, -0.2) is 27.0 Å². The van der Waals surface area contributed by atoms with Gasteiger partial charge in [-0.3, -0.25) is 0 Å². The van der Waals surface area contributed by atoms with Gasteiger partial charge in [-0.25, -0.2) is 9.48 Å². The summed E-state index contributed by atoms with van der Waals surface area (Å²) in [6, 6.07) is 4.78. The Bertz CT molecular complexity index is 754. The van der Waals surface area contributed by atoms with Gasteiger partial charge in [-0.1, -0.05) is 45.0 Å². The van der Waals surface area contributed by atoms with Gasteiger partial charge in [-0.2, -0.15) is 18.3 Å². The fourth-order valence-electron chi connectivity index (χ4n) is 2.92. The Hall–Kier alpha value is -2.51. The number of alkyl halides is 3. The first-order chi connectivity index (χ1) is 12.3. The van der Waals surface area contributed by atoms with E-state index in [2.05, 4.69) is 10.4 Å². The maximum atomic E-state index is 13.4. The van der Waals surface area contributed by atoms with Gasteiger partial charge in [-0.15, -0.1) is 0 Å². The molecule has 1 unspecified atom stereocenters. The van der Waals surface area contributed by atoms with Crippen LogP contribution in [0.1, 0.15) is 60.8 Å². The number of carbonyl (C=O) groups is 1. The van der Waals surface area contributed by atoms with Crippen molar-refractivity contribution in [1.82, 2.24) is 9.78 Å². The number of nitrogens with zero attached hydrogens (tertiary/aromatic N) is 2. The Morgan fingerprint density at radius 1 is 1.31 bits per heavy atom. The Morgan fingerprint density at radius 3 is 2.42 bits per heavy atom. The summed E-state index contributed by atoms with van der Waals surface area (Å²) >= 11 is 0. The zero-order chi connectivity index (χ0) is 19.5. The number of aromatic nitrogens is 2. The molecule has 8 heteroatoms. The molecule has 0 spiro atoms. The monoisotopic (exact) mass is 369 g/mol. The molecule has 2 heterocycles. The molecule has 0 aliphatic carbocycles. The van der Waals surface area contributed by atoms with E-state index in [1.54, 1.807) is 12.1 Å². The Balaban J connectivity index is 0.00000117. The summed E-state index contributed by atoms with van der Waals surface area (Å²) in [7, 11) is 0. The van der Waals surface area contributed by atoms with Gasteiger partial charge < -0.3 is 10.4 Å². The molecule has 1 aliphatic rings. The van der Waals surface area contributed by atoms with E-state index in [4.69, 9.17) is 5.11 Å². The molecule has 0 fully saturated rings. The summed E-state index contributed by atoms with van der Waals surface area (Å²) in [5, 5.41) is 15.7. The molecular formula is C18H22F3N3O2. The van der Waals surface area contributed by atoms with E-state index in [0.29, 0.717) is 5.56 Å². The zero-order valence-corrected chi connectivity index (χ0v) is 14.8. The van der Waals surface area contributed by atoms with Gasteiger partial charge in [0.25, 0.3) is 0 Å². The van der Waals surface area contributed by atoms with Crippen LogP contribution in [0.3, 0.4) is 0 Å². The maximum Gasteiger partial charge on any atom is 0.410 e. The Morgan fingerprint density at radius 2 is 1.92 bits per heavy atom. The molecule has 2 N–H and O–H groups in total. The topological polar surface area (TPSA) is 67.2 Å².